The highest BCUT2D eigenvalue weighted by Gasteiger charge is 2.41. The Morgan fingerprint density at radius 3 is 2.63 bits per heavy atom. The molecule has 2 fully saturated rings. The Morgan fingerprint density at radius 2 is 2.11 bits per heavy atom. The number of amides is 1. The topological polar surface area (TPSA) is 32.3 Å². The summed E-state index contributed by atoms with van der Waals surface area (Å²) in [5.74, 6) is 2.59. The molecule has 0 saturated carbocycles. The van der Waals surface area contributed by atoms with Crippen molar-refractivity contribution in [2.75, 3.05) is 12.3 Å². The lowest BCUT2D eigenvalue weighted by Gasteiger charge is -2.27. The Kier molecular flexibility index (Phi) is 5.18. The molecule has 0 spiro atoms. The van der Waals surface area contributed by atoms with E-state index in [1.54, 1.807) is 0 Å². The van der Waals surface area contributed by atoms with Crippen LogP contribution in [0.1, 0.15) is 47.0 Å². The van der Waals surface area contributed by atoms with Gasteiger partial charge in [0.05, 0.1) is 12.2 Å². The minimum absolute atomic E-state index is 0.0233. The molecule has 0 aromatic carbocycles. The number of thioether (sulfide) groups is 1. The van der Waals surface area contributed by atoms with Crippen molar-refractivity contribution in [2.45, 2.75) is 64.4 Å². The summed E-state index contributed by atoms with van der Waals surface area (Å²) in [6.07, 6.45) is 3.90. The van der Waals surface area contributed by atoms with Gasteiger partial charge in [0.1, 0.15) is 0 Å². The van der Waals surface area contributed by atoms with Gasteiger partial charge < -0.3 is 4.90 Å². The van der Waals surface area contributed by atoms with Crippen LogP contribution in [0, 0.1) is 11.8 Å². The molecule has 19 heavy (non-hydrogen) atoms. The van der Waals surface area contributed by atoms with Crippen LogP contribution in [0.5, 0.6) is 0 Å². The standard InChI is InChI=1S/C15H28N2OS/c1-10(2)8-13-16-14(11(3)4)15(18)17(13)9-12-6-5-7-19-12/h10-14,16H,5-9H2,1-4H3. The van der Waals surface area contributed by atoms with Gasteiger partial charge >= 0.3 is 0 Å². The second-order valence-electron chi connectivity index (χ2n) is 6.66. The van der Waals surface area contributed by atoms with Gasteiger partial charge in [-0.3, -0.25) is 10.1 Å². The van der Waals surface area contributed by atoms with Crippen molar-refractivity contribution < 1.29 is 4.79 Å². The van der Waals surface area contributed by atoms with E-state index in [4.69, 9.17) is 0 Å². The maximum Gasteiger partial charge on any atom is 0.241 e. The molecule has 3 nitrogen and oxygen atoms in total. The maximum atomic E-state index is 12.6. The fourth-order valence-electron chi connectivity index (χ4n) is 3.05. The van der Waals surface area contributed by atoms with Gasteiger partial charge in [-0.1, -0.05) is 27.7 Å². The average molecular weight is 284 g/mol. The van der Waals surface area contributed by atoms with Gasteiger partial charge in [0.25, 0.3) is 0 Å². The van der Waals surface area contributed by atoms with Crippen LogP contribution in [-0.4, -0.2) is 40.6 Å². The van der Waals surface area contributed by atoms with Crippen LogP contribution in [0.3, 0.4) is 0 Å². The second-order valence-corrected chi connectivity index (χ2v) is 8.07. The van der Waals surface area contributed by atoms with Crippen molar-refractivity contribution in [1.29, 1.82) is 0 Å². The van der Waals surface area contributed by atoms with Crippen molar-refractivity contribution in [1.82, 2.24) is 10.2 Å². The minimum atomic E-state index is 0.0233. The highest BCUT2D eigenvalue weighted by atomic mass is 32.2. The number of nitrogens with zero attached hydrogens (tertiary/aromatic N) is 1. The van der Waals surface area contributed by atoms with E-state index < -0.39 is 0 Å². The summed E-state index contributed by atoms with van der Waals surface area (Å²) in [6.45, 7) is 9.68. The molecular weight excluding hydrogens is 256 g/mol. The second kappa shape index (κ2) is 6.49. The van der Waals surface area contributed by atoms with Gasteiger partial charge in [0.15, 0.2) is 0 Å². The minimum Gasteiger partial charge on any atom is -0.325 e. The molecule has 1 amide bonds. The van der Waals surface area contributed by atoms with Crippen molar-refractivity contribution in [3.63, 3.8) is 0 Å². The molecule has 0 radical (unpaired) electrons. The van der Waals surface area contributed by atoms with Gasteiger partial charge in [-0.15, -0.1) is 0 Å². The number of carbonyl (C=O) groups excluding carboxylic acids is 1. The summed E-state index contributed by atoms with van der Waals surface area (Å²) < 4.78 is 0. The zero-order valence-corrected chi connectivity index (χ0v) is 13.5. The SMILES string of the molecule is CC(C)CC1NC(C(C)C)C(=O)N1CC1CCCS1. The normalized spacial score (nSPS) is 32.0. The number of carbonyl (C=O) groups is 1. The zero-order valence-electron chi connectivity index (χ0n) is 12.7. The van der Waals surface area contributed by atoms with E-state index in [0.717, 1.165) is 13.0 Å². The monoisotopic (exact) mass is 284 g/mol. The van der Waals surface area contributed by atoms with Gasteiger partial charge in [-0.05, 0) is 36.9 Å². The molecule has 110 valence electrons. The van der Waals surface area contributed by atoms with Crippen LogP contribution in [0.15, 0.2) is 0 Å². The van der Waals surface area contributed by atoms with E-state index in [2.05, 4.69) is 37.9 Å². The lowest BCUT2D eigenvalue weighted by Crippen LogP contribution is -2.41. The van der Waals surface area contributed by atoms with Crippen molar-refractivity contribution in [3.8, 4) is 0 Å². The Morgan fingerprint density at radius 1 is 1.37 bits per heavy atom. The largest absolute Gasteiger partial charge is 0.325 e. The molecule has 0 aliphatic carbocycles. The molecule has 2 saturated heterocycles. The first-order chi connectivity index (χ1) is 8.99. The van der Waals surface area contributed by atoms with Crippen LogP contribution >= 0.6 is 11.8 Å². The molecule has 0 bridgehead atoms. The quantitative estimate of drug-likeness (QED) is 0.842. The predicted molar refractivity (Wildman–Crippen MR) is 82.2 cm³/mol. The summed E-state index contributed by atoms with van der Waals surface area (Å²) in [6, 6.07) is 0.0233. The number of nitrogens with one attached hydrogen (secondary N) is 1. The predicted octanol–water partition coefficient (Wildman–Crippen LogP) is 2.71. The van der Waals surface area contributed by atoms with Gasteiger partial charge in [0, 0.05) is 11.8 Å². The van der Waals surface area contributed by atoms with Gasteiger partial charge in [-0.25, -0.2) is 0 Å². The lowest BCUT2D eigenvalue weighted by molar-refractivity contribution is -0.130. The Hall–Kier alpha value is -0.220. The molecule has 2 rings (SSSR count). The molecule has 4 heteroatoms. The first-order valence-electron chi connectivity index (χ1n) is 7.67. The molecule has 3 unspecified atom stereocenters. The van der Waals surface area contributed by atoms with Crippen LogP contribution in [-0.2, 0) is 4.79 Å². The fraction of sp³-hybridized carbons (Fsp3) is 0.933. The smallest absolute Gasteiger partial charge is 0.241 e. The van der Waals surface area contributed by atoms with E-state index in [0.29, 0.717) is 23.0 Å². The Bertz CT molecular complexity index is 313. The number of rotatable bonds is 5. The van der Waals surface area contributed by atoms with Crippen LogP contribution in [0.2, 0.25) is 0 Å². The summed E-state index contributed by atoms with van der Waals surface area (Å²) >= 11 is 2.04. The number of hydrogen-bond acceptors (Lipinski definition) is 3. The van der Waals surface area contributed by atoms with E-state index in [9.17, 15) is 4.79 Å². The third-order valence-corrected chi connectivity index (χ3v) is 5.46. The molecule has 2 aliphatic rings. The molecule has 1 N–H and O–H groups in total. The van der Waals surface area contributed by atoms with Gasteiger partial charge in [-0.2, -0.15) is 11.8 Å². The average Bonchev–Trinajstić information content (AvgIpc) is 2.91. The Labute approximate surface area is 121 Å². The molecule has 2 aliphatic heterocycles. The van der Waals surface area contributed by atoms with Crippen molar-refractivity contribution in [2.24, 2.45) is 11.8 Å². The molecule has 2 heterocycles. The summed E-state index contributed by atoms with van der Waals surface area (Å²) in [5.41, 5.74) is 0. The van der Waals surface area contributed by atoms with E-state index in [-0.39, 0.29) is 12.2 Å². The van der Waals surface area contributed by atoms with E-state index in [1.807, 2.05) is 11.8 Å². The summed E-state index contributed by atoms with van der Waals surface area (Å²) in [5, 5.41) is 4.22. The summed E-state index contributed by atoms with van der Waals surface area (Å²) in [7, 11) is 0. The fourth-order valence-corrected chi connectivity index (χ4v) is 4.31. The van der Waals surface area contributed by atoms with Crippen LogP contribution in [0.4, 0.5) is 0 Å². The Balaban J connectivity index is 2.03. The zero-order chi connectivity index (χ0) is 14.0. The number of hydrogen-bond donors (Lipinski definition) is 1. The first kappa shape index (κ1) is 15.2. The summed E-state index contributed by atoms with van der Waals surface area (Å²) in [4.78, 5) is 14.7. The highest BCUT2D eigenvalue weighted by Crippen LogP contribution is 2.30. The lowest BCUT2D eigenvalue weighted by atomic mass is 10.0. The maximum absolute atomic E-state index is 12.6. The molecule has 0 aromatic rings. The van der Waals surface area contributed by atoms with Gasteiger partial charge in [0.2, 0.25) is 5.91 Å². The highest BCUT2D eigenvalue weighted by molar-refractivity contribution is 8.00. The molecular formula is C15H28N2OS. The van der Waals surface area contributed by atoms with Crippen LogP contribution < -0.4 is 5.32 Å². The molecule has 0 aromatic heterocycles. The molecule has 3 atom stereocenters. The van der Waals surface area contributed by atoms with Crippen molar-refractivity contribution in [3.05, 3.63) is 0 Å². The first-order valence-corrected chi connectivity index (χ1v) is 8.72. The third kappa shape index (κ3) is 3.66. The third-order valence-electron chi connectivity index (χ3n) is 4.08. The van der Waals surface area contributed by atoms with Crippen LogP contribution in [0.25, 0.3) is 0 Å². The van der Waals surface area contributed by atoms with E-state index in [1.165, 1.54) is 18.6 Å². The van der Waals surface area contributed by atoms with E-state index >= 15 is 0 Å². The van der Waals surface area contributed by atoms with Crippen molar-refractivity contribution >= 4 is 17.7 Å².